The van der Waals surface area contributed by atoms with E-state index in [4.69, 9.17) is 0 Å². The van der Waals surface area contributed by atoms with Crippen LogP contribution in [-0.4, -0.2) is 17.7 Å². The van der Waals surface area contributed by atoms with Gasteiger partial charge in [0, 0.05) is 25.8 Å². The number of hydrogen-bond donors (Lipinski definition) is 1. The van der Waals surface area contributed by atoms with Gasteiger partial charge in [-0.05, 0) is 54.0 Å². The highest BCUT2D eigenvalue weighted by atomic mass is 32.1. The standard InChI is InChI=1S/C19H21NOS/c1-3-11-20(4-2,19-6-5-12-22-19)17-9-7-15-8-10-18(21)14-16(15)13-17/h5-6,8,10,12,14,17H,4,7,9,13H2,1-2H3/p+1/t17-,20-/m0/s1. The quantitative estimate of drug-likeness (QED) is 0.661. The van der Waals surface area contributed by atoms with Crippen molar-refractivity contribution in [2.75, 3.05) is 6.54 Å². The second kappa shape index (κ2) is 6.16. The maximum atomic E-state index is 9.79. The zero-order valence-corrected chi connectivity index (χ0v) is 14.0. The van der Waals surface area contributed by atoms with Crippen LogP contribution in [0.1, 0.15) is 31.4 Å². The lowest BCUT2D eigenvalue weighted by Gasteiger charge is -2.39. The summed E-state index contributed by atoms with van der Waals surface area (Å²) in [7, 11) is 0. The van der Waals surface area contributed by atoms with Crippen LogP contribution in [-0.2, 0) is 12.8 Å². The lowest BCUT2D eigenvalue weighted by molar-refractivity contribution is 0.281. The van der Waals surface area contributed by atoms with Crippen molar-refractivity contribution in [3.8, 4) is 17.7 Å². The average molecular weight is 312 g/mol. The smallest absolute Gasteiger partial charge is 0.201 e. The fourth-order valence-electron chi connectivity index (χ4n) is 3.62. The van der Waals surface area contributed by atoms with E-state index in [1.165, 1.54) is 16.1 Å². The Hall–Kier alpha value is -1.76. The molecule has 2 aromatic rings. The van der Waals surface area contributed by atoms with Crippen molar-refractivity contribution < 1.29 is 5.11 Å². The molecule has 3 rings (SSSR count). The maximum Gasteiger partial charge on any atom is 0.201 e. The van der Waals surface area contributed by atoms with E-state index in [1.807, 2.05) is 13.0 Å². The van der Waals surface area contributed by atoms with Crippen molar-refractivity contribution >= 4 is 16.3 Å². The van der Waals surface area contributed by atoms with Crippen LogP contribution in [0.25, 0.3) is 0 Å². The molecule has 2 nitrogen and oxygen atoms in total. The van der Waals surface area contributed by atoms with E-state index in [0.717, 1.165) is 30.3 Å². The van der Waals surface area contributed by atoms with E-state index in [9.17, 15) is 5.11 Å². The van der Waals surface area contributed by atoms with E-state index in [1.54, 1.807) is 17.4 Å². The number of rotatable bonds is 3. The summed E-state index contributed by atoms with van der Waals surface area (Å²) in [5.41, 5.74) is 2.65. The summed E-state index contributed by atoms with van der Waals surface area (Å²) in [6.45, 7) is 5.13. The first-order chi connectivity index (χ1) is 10.7. The Labute approximate surface area is 136 Å². The Morgan fingerprint density at radius 2 is 2.18 bits per heavy atom. The molecule has 0 fully saturated rings. The molecule has 22 heavy (non-hydrogen) atoms. The molecule has 0 saturated carbocycles. The van der Waals surface area contributed by atoms with Gasteiger partial charge in [0.25, 0.3) is 0 Å². The zero-order valence-electron chi connectivity index (χ0n) is 13.2. The van der Waals surface area contributed by atoms with Gasteiger partial charge in [-0.1, -0.05) is 17.4 Å². The number of benzene rings is 1. The number of nitrogens with zero attached hydrogens (tertiary/aromatic N) is 1. The first kappa shape index (κ1) is 15.1. The third-order valence-corrected chi connectivity index (χ3v) is 5.72. The maximum absolute atomic E-state index is 9.79. The minimum absolute atomic E-state index is 0.367. The van der Waals surface area contributed by atoms with Gasteiger partial charge in [0.15, 0.2) is 0 Å². The minimum Gasteiger partial charge on any atom is -0.508 e. The summed E-state index contributed by atoms with van der Waals surface area (Å²) in [6, 6.07) is 14.1. The molecule has 0 aliphatic heterocycles. The molecule has 0 bridgehead atoms. The number of phenolic OH excluding ortho intramolecular Hbond substituents is 1. The van der Waals surface area contributed by atoms with Gasteiger partial charge < -0.3 is 5.11 Å². The molecule has 0 saturated heterocycles. The van der Waals surface area contributed by atoms with Crippen molar-refractivity contribution in [3.63, 3.8) is 0 Å². The predicted octanol–water partition coefficient (Wildman–Crippen LogP) is 4.32. The van der Waals surface area contributed by atoms with Gasteiger partial charge in [0.2, 0.25) is 5.00 Å². The lowest BCUT2D eigenvalue weighted by atomic mass is 9.86. The topological polar surface area (TPSA) is 20.2 Å². The fourth-order valence-corrected chi connectivity index (χ4v) is 4.58. The zero-order chi connectivity index (χ0) is 15.6. The van der Waals surface area contributed by atoms with Gasteiger partial charge in [0.05, 0.1) is 6.54 Å². The third kappa shape index (κ3) is 2.54. The number of aromatic hydroxyl groups is 1. The third-order valence-electron chi connectivity index (χ3n) is 4.73. The van der Waals surface area contributed by atoms with Gasteiger partial charge in [-0.3, -0.25) is 0 Å². The van der Waals surface area contributed by atoms with Crippen LogP contribution >= 0.6 is 11.3 Å². The number of likely N-dealkylation sites (N-methyl/N-ethyl adjacent to an activating group) is 1. The van der Waals surface area contributed by atoms with Crippen LogP contribution in [0.15, 0.2) is 35.7 Å². The monoisotopic (exact) mass is 312 g/mol. The van der Waals surface area contributed by atoms with Crippen LogP contribution in [0, 0.1) is 12.0 Å². The summed E-state index contributed by atoms with van der Waals surface area (Å²) in [4.78, 5) is 0. The Balaban J connectivity index is 2.01. The highest BCUT2D eigenvalue weighted by Gasteiger charge is 2.40. The Morgan fingerprint density at radius 1 is 1.32 bits per heavy atom. The van der Waals surface area contributed by atoms with E-state index in [-0.39, 0.29) is 0 Å². The summed E-state index contributed by atoms with van der Waals surface area (Å²) in [6.07, 6.45) is 3.18. The van der Waals surface area contributed by atoms with E-state index in [2.05, 4.69) is 42.5 Å². The second-order valence-electron chi connectivity index (χ2n) is 5.85. The molecule has 3 heteroatoms. The number of fused-ring (bicyclic) bond motifs is 1. The van der Waals surface area contributed by atoms with Crippen LogP contribution < -0.4 is 4.48 Å². The molecule has 0 spiro atoms. The summed E-state index contributed by atoms with van der Waals surface area (Å²) in [5, 5.41) is 13.3. The van der Waals surface area contributed by atoms with Gasteiger partial charge in [0.1, 0.15) is 17.8 Å². The molecule has 1 N–H and O–H groups in total. The number of hydrogen-bond acceptors (Lipinski definition) is 2. The summed E-state index contributed by atoms with van der Waals surface area (Å²) < 4.78 is 0.739. The molecule has 0 unspecified atom stereocenters. The van der Waals surface area contributed by atoms with Crippen molar-refractivity contribution in [2.45, 2.75) is 39.2 Å². The van der Waals surface area contributed by atoms with Gasteiger partial charge in [-0.2, -0.15) is 0 Å². The highest BCUT2D eigenvalue weighted by Crippen LogP contribution is 2.37. The van der Waals surface area contributed by atoms with E-state index < -0.39 is 0 Å². The van der Waals surface area contributed by atoms with Crippen molar-refractivity contribution in [2.24, 2.45) is 0 Å². The molecule has 114 valence electrons. The fraction of sp³-hybridized carbons (Fsp3) is 0.368. The summed E-state index contributed by atoms with van der Waals surface area (Å²) in [5.74, 6) is 3.53. The lowest BCUT2D eigenvalue weighted by Crippen LogP contribution is -2.54. The second-order valence-corrected chi connectivity index (χ2v) is 6.77. The molecule has 1 aliphatic rings. The van der Waals surface area contributed by atoms with Crippen LogP contribution in [0.3, 0.4) is 0 Å². The van der Waals surface area contributed by atoms with Crippen LogP contribution in [0.4, 0.5) is 5.00 Å². The van der Waals surface area contributed by atoms with Crippen molar-refractivity contribution in [3.05, 3.63) is 46.8 Å². The molecule has 1 aliphatic carbocycles. The molecule has 1 aromatic carbocycles. The molecular formula is C19H22NOS+. The first-order valence-corrected chi connectivity index (χ1v) is 8.74. The molecule has 1 heterocycles. The van der Waals surface area contributed by atoms with E-state index >= 15 is 0 Å². The molecule has 0 amide bonds. The first-order valence-electron chi connectivity index (χ1n) is 7.86. The van der Waals surface area contributed by atoms with Gasteiger partial charge in [-0.15, -0.1) is 0 Å². The Morgan fingerprint density at radius 3 is 2.86 bits per heavy atom. The number of aryl methyl sites for hydroxylation is 1. The van der Waals surface area contributed by atoms with Crippen molar-refractivity contribution in [1.82, 2.24) is 4.48 Å². The predicted molar refractivity (Wildman–Crippen MR) is 94.0 cm³/mol. The highest BCUT2D eigenvalue weighted by molar-refractivity contribution is 7.13. The molecule has 2 atom stereocenters. The molecular weight excluding hydrogens is 290 g/mol. The van der Waals surface area contributed by atoms with Crippen LogP contribution in [0.5, 0.6) is 5.75 Å². The van der Waals surface area contributed by atoms with Crippen molar-refractivity contribution in [1.29, 1.82) is 0 Å². The van der Waals surface area contributed by atoms with E-state index in [0.29, 0.717) is 11.8 Å². The molecule has 0 radical (unpaired) electrons. The van der Waals surface area contributed by atoms with Gasteiger partial charge in [-0.25, -0.2) is 4.48 Å². The SMILES string of the molecule is CC#C[N@+](CC)(c1cccs1)[C@H]1CCc2ccc(O)cc2C1. The average Bonchev–Trinajstić information content (AvgIpc) is 3.06. The Bertz CT molecular complexity index is 711. The normalized spacial score (nSPS) is 19.6. The van der Waals surface area contributed by atoms with Gasteiger partial charge >= 0.3 is 0 Å². The summed E-state index contributed by atoms with van der Waals surface area (Å²) >= 11 is 1.79. The minimum atomic E-state index is 0.367. The van der Waals surface area contributed by atoms with Crippen LogP contribution in [0.2, 0.25) is 0 Å². The largest absolute Gasteiger partial charge is 0.508 e. The Kier molecular flexibility index (Phi) is 4.24. The number of thiophene rings is 1. The number of quaternary nitrogens is 1. The number of phenols is 1. The molecule has 1 aromatic heterocycles.